The van der Waals surface area contributed by atoms with Crippen LogP contribution < -0.4 is 0 Å². The number of aromatic nitrogens is 2. The van der Waals surface area contributed by atoms with Gasteiger partial charge in [0.15, 0.2) is 0 Å². The Kier molecular flexibility index (Phi) is 5.37. The maximum absolute atomic E-state index is 13.0. The van der Waals surface area contributed by atoms with Gasteiger partial charge in [0.1, 0.15) is 10.4 Å². The van der Waals surface area contributed by atoms with E-state index in [0.29, 0.717) is 16.1 Å². The fourth-order valence-corrected chi connectivity index (χ4v) is 4.39. The smallest absolute Gasteiger partial charge is 0.327 e. The van der Waals surface area contributed by atoms with Crippen LogP contribution in [0.4, 0.5) is 0 Å². The summed E-state index contributed by atoms with van der Waals surface area (Å²) in [5, 5.41) is 9.72. The van der Waals surface area contributed by atoms with Crippen LogP contribution in [0, 0.1) is 0 Å². The molecule has 2 heterocycles. The first kappa shape index (κ1) is 19.2. The molecule has 8 heteroatoms. The van der Waals surface area contributed by atoms with E-state index < -0.39 is 17.9 Å². The molecule has 6 nitrogen and oxygen atoms in total. The number of carboxylic acid groups (broad SMARTS) is 1. The summed E-state index contributed by atoms with van der Waals surface area (Å²) < 4.78 is 0.221. The molecule has 2 aromatic carbocycles. The van der Waals surface area contributed by atoms with Crippen molar-refractivity contribution in [1.82, 2.24) is 14.9 Å². The summed E-state index contributed by atoms with van der Waals surface area (Å²) in [6, 6.07) is 15.5. The van der Waals surface area contributed by atoms with Gasteiger partial charge in [-0.2, -0.15) is 0 Å². The molecule has 0 aliphatic carbocycles. The number of carbonyl (C=O) groups is 2. The maximum Gasteiger partial charge on any atom is 0.327 e. The first-order valence-corrected chi connectivity index (χ1v) is 10.0. The number of carboxylic acids is 1. The summed E-state index contributed by atoms with van der Waals surface area (Å²) in [5.74, 6) is -1.53. The standard InChI is InChI=1S/C21H15N3O3S2/c25-19-18(11-14-12-22-15-8-4-5-9-16(15)23-14)29-21(28)24(19)17(20(26)27)10-13-6-2-1-3-7-13/h1-9,11-12,17H,10H2,(H,26,27)/b18-11-/t17-/m0/s1. The number of rotatable bonds is 5. The second kappa shape index (κ2) is 8.10. The Hall–Kier alpha value is -3.10. The van der Waals surface area contributed by atoms with Crippen molar-refractivity contribution in [2.24, 2.45) is 0 Å². The third kappa shape index (κ3) is 4.03. The molecule has 1 aliphatic rings. The third-order valence-corrected chi connectivity index (χ3v) is 5.77. The molecule has 4 rings (SSSR count). The van der Waals surface area contributed by atoms with Gasteiger partial charge in [0.2, 0.25) is 0 Å². The molecule has 0 spiro atoms. The molecule has 1 aliphatic heterocycles. The summed E-state index contributed by atoms with van der Waals surface area (Å²) in [7, 11) is 0. The molecule has 29 heavy (non-hydrogen) atoms. The van der Waals surface area contributed by atoms with Crippen LogP contribution in [0.2, 0.25) is 0 Å². The fraction of sp³-hybridized carbons (Fsp3) is 0.0952. The van der Waals surface area contributed by atoms with Gasteiger partial charge in [0, 0.05) is 6.42 Å². The van der Waals surface area contributed by atoms with Gasteiger partial charge in [-0.3, -0.25) is 14.7 Å². The van der Waals surface area contributed by atoms with E-state index in [9.17, 15) is 14.7 Å². The van der Waals surface area contributed by atoms with Gasteiger partial charge in [-0.1, -0.05) is 66.4 Å². The molecule has 3 aromatic rings. The van der Waals surface area contributed by atoms with Crippen LogP contribution >= 0.6 is 24.0 Å². The Balaban J connectivity index is 1.62. The Labute approximate surface area is 176 Å². The number of aliphatic carboxylic acids is 1. The highest BCUT2D eigenvalue weighted by atomic mass is 32.2. The van der Waals surface area contributed by atoms with Crippen molar-refractivity contribution >= 4 is 57.3 Å². The van der Waals surface area contributed by atoms with E-state index in [1.54, 1.807) is 12.3 Å². The van der Waals surface area contributed by atoms with E-state index in [1.165, 1.54) is 4.90 Å². The van der Waals surface area contributed by atoms with Crippen LogP contribution in [-0.4, -0.2) is 42.2 Å². The van der Waals surface area contributed by atoms with E-state index >= 15 is 0 Å². The lowest BCUT2D eigenvalue weighted by atomic mass is 10.0. The lowest BCUT2D eigenvalue weighted by Gasteiger charge is -2.23. The average Bonchev–Trinajstić information content (AvgIpc) is 2.99. The number of hydrogen-bond acceptors (Lipinski definition) is 6. The van der Waals surface area contributed by atoms with Crippen molar-refractivity contribution in [1.29, 1.82) is 0 Å². The lowest BCUT2D eigenvalue weighted by molar-refractivity contribution is -0.145. The topological polar surface area (TPSA) is 83.4 Å². The minimum Gasteiger partial charge on any atom is -0.480 e. The van der Waals surface area contributed by atoms with Crippen molar-refractivity contribution in [3.05, 3.63) is 77.0 Å². The number of fused-ring (bicyclic) bond motifs is 1. The van der Waals surface area contributed by atoms with Crippen LogP contribution in [0.25, 0.3) is 17.1 Å². The second-order valence-corrected chi connectivity index (χ2v) is 8.05. The molecule has 0 saturated carbocycles. The number of nitrogens with zero attached hydrogens (tertiary/aromatic N) is 3. The van der Waals surface area contributed by atoms with Crippen molar-refractivity contribution < 1.29 is 14.7 Å². The van der Waals surface area contributed by atoms with Crippen LogP contribution in [0.1, 0.15) is 11.3 Å². The third-order valence-electron chi connectivity index (χ3n) is 4.44. The molecule has 1 fully saturated rings. The molecule has 1 N–H and O–H groups in total. The monoisotopic (exact) mass is 421 g/mol. The number of thioether (sulfide) groups is 1. The summed E-state index contributed by atoms with van der Waals surface area (Å²) in [6.07, 6.45) is 3.35. The number of carbonyl (C=O) groups excluding carboxylic acids is 1. The Morgan fingerprint density at radius 1 is 1.14 bits per heavy atom. The van der Waals surface area contributed by atoms with Gasteiger partial charge in [-0.05, 0) is 23.8 Å². The predicted molar refractivity (Wildman–Crippen MR) is 116 cm³/mol. The van der Waals surface area contributed by atoms with E-state index in [1.807, 2.05) is 54.6 Å². The first-order valence-electron chi connectivity index (χ1n) is 8.78. The summed E-state index contributed by atoms with van der Waals surface area (Å²) in [5.41, 5.74) is 2.80. The summed E-state index contributed by atoms with van der Waals surface area (Å²) >= 11 is 6.40. The molecule has 0 unspecified atom stereocenters. The van der Waals surface area contributed by atoms with Crippen molar-refractivity contribution in [2.45, 2.75) is 12.5 Å². The van der Waals surface area contributed by atoms with Gasteiger partial charge in [-0.25, -0.2) is 9.78 Å². The van der Waals surface area contributed by atoms with Gasteiger partial charge < -0.3 is 5.11 Å². The van der Waals surface area contributed by atoms with Gasteiger partial charge in [0.05, 0.1) is 27.8 Å². The van der Waals surface area contributed by atoms with E-state index in [-0.39, 0.29) is 10.7 Å². The average molecular weight is 422 g/mol. The number of thiocarbonyl (C=S) groups is 1. The second-order valence-electron chi connectivity index (χ2n) is 6.38. The van der Waals surface area contributed by atoms with E-state index in [0.717, 1.165) is 22.8 Å². The molecule has 1 saturated heterocycles. The maximum atomic E-state index is 13.0. The highest BCUT2D eigenvalue weighted by Gasteiger charge is 2.40. The van der Waals surface area contributed by atoms with Crippen molar-refractivity contribution in [3.8, 4) is 0 Å². The Bertz CT molecular complexity index is 1150. The van der Waals surface area contributed by atoms with Gasteiger partial charge >= 0.3 is 5.97 Å². The zero-order chi connectivity index (χ0) is 20.4. The molecule has 1 amide bonds. The zero-order valence-corrected chi connectivity index (χ0v) is 16.7. The molecular formula is C21H15N3O3S2. The van der Waals surface area contributed by atoms with Gasteiger partial charge in [0.25, 0.3) is 5.91 Å². The first-order chi connectivity index (χ1) is 14.0. The number of hydrogen-bond donors (Lipinski definition) is 1. The fourth-order valence-electron chi connectivity index (χ4n) is 3.05. The van der Waals surface area contributed by atoms with Gasteiger partial charge in [-0.15, -0.1) is 0 Å². The normalized spacial score (nSPS) is 16.6. The highest BCUT2D eigenvalue weighted by molar-refractivity contribution is 8.26. The number of benzene rings is 2. The van der Waals surface area contributed by atoms with E-state index in [4.69, 9.17) is 12.2 Å². The summed E-state index contributed by atoms with van der Waals surface area (Å²) in [4.78, 5) is 35.2. The van der Waals surface area contributed by atoms with Crippen LogP contribution in [0.15, 0.2) is 65.7 Å². The summed E-state index contributed by atoms with van der Waals surface area (Å²) in [6.45, 7) is 0. The zero-order valence-electron chi connectivity index (χ0n) is 15.1. The molecule has 1 atom stereocenters. The molecule has 144 valence electrons. The Morgan fingerprint density at radius 2 is 1.83 bits per heavy atom. The molecule has 1 aromatic heterocycles. The predicted octanol–water partition coefficient (Wildman–Crippen LogP) is 3.53. The highest BCUT2D eigenvalue weighted by Crippen LogP contribution is 2.34. The SMILES string of the molecule is O=C(O)[C@H](Cc1ccccc1)N1C(=O)/C(=C/c2cnc3ccccc3n2)SC1=S. The van der Waals surface area contributed by atoms with Crippen molar-refractivity contribution in [3.63, 3.8) is 0 Å². The Morgan fingerprint density at radius 3 is 2.55 bits per heavy atom. The minimum atomic E-state index is -1.10. The van der Waals surface area contributed by atoms with Crippen molar-refractivity contribution in [2.75, 3.05) is 0 Å². The van der Waals surface area contributed by atoms with Crippen LogP contribution in [0.3, 0.4) is 0 Å². The molecule has 0 radical (unpaired) electrons. The van der Waals surface area contributed by atoms with Crippen LogP contribution in [-0.2, 0) is 16.0 Å². The molecular weight excluding hydrogens is 406 g/mol. The quantitative estimate of drug-likeness (QED) is 0.498. The lowest BCUT2D eigenvalue weighted by Crippen LogP contribution is -2.45. The minimum absolute atomic E-state index is 0.172. The van der Waals surface area contributed by atoms with Crippen LogP contribution in [0.5, 0.6) is 0 Å². The molecule has 0 bridgehead atoms. The van der Waals surface area contributed by atoms with E-state index in [2.05, 4.69) is 9.97 Å². The largest absolute Gasteiger partial charge is 0.480 e. The number of para-hydroxylation sites is 2. The number of amides is 1.